The van der Waals surface area contributed by atoms with E-state index in [1.54, 1.807) is 12.1 Å². The molecule has 1 N–H and O–H groups in total. The van der Waals surface area contributed by atoms with E-state index in [4.69, 9.17) is 4.74 Å². The van der Waals surface area contributed by atoms with E-state index in [0.29, 0.717) is 25.0 Å². The molecule has 25 heavy (non-hydrogen) atoms. The molecular formula is C20H20N2O3. The Labute approximate surface area is 146 Å². The van der Waals surface area contributed by atoms with E-state index in [-0.39, 0.29) is 11.7 Å². The zero-order valence-electron chi connectivity index (χ0n) is 13.9. The average Bonchev–Trinajstić information content (AvgIpc) is 2.66. The molecule has 0 bridgehead atoms. The summed E-state index contributed by atoms with van der Waals surface area (Å²) in [6, 6.07) is 16.8. The van der Waals surface area contributed by atoms with E-state index in [1.165, 1.54) is 0 Å². The Kier molecular flexibility index (Phi) is 5.57. The minimum atomic E-state index is -0.277. The molecule has 2 aromatic carbocycles. The number of hydrogen-bond acceptors (Lipinski definition) is 4. The van der Waals surface area contributed by atoms with Gasteiger partial charge in [-0.1, -0.05) is 30.3 Å². The summed E-state index contributed by atoms with van der Waals surface area (Å²) in [7, 11) is 0. The number of nitrogens with one attached hydrogen (secondary N) is 1. The predicted molar refractivity (Wildman–Crippen MR) is 95.6 cm³/mol. The maximum Gasteiger partial charge on any atom is 0.271 e. The number of hydrazone groups is 1. The number of carbonyl (C=O) groups excluding carboxylic acids is 2. The number of para-hydroxylation sites is 1. The van der Waals surface area contributed by atoms with Crippen molar-refractivity contribution in [3.63, 3.8) is 0 Å². The van der Waals surface area contributed by atoms with Crippen LogP contribution in [0.25, 0.3) is 0 Å². The number of nitrogens with zero attached hydrogens (tertiary/aromatic N) is 1. The van der Waals surface area contributed by atoms with E-state index in [1.807, 2.05) is 42.5 Å². The molecule has 3 rings (SSSR count). The normalized spacial score (nSPS) is 15.8. The van der Waals surface area contributed by atoms with Gasteiger partial charge in [-0.2, -0.15) is 5.10 Å². The number of Topliss-reactive ketones (excluding diaryl/α,β-unsaturated/α-hetero) is 1. The Bertz CT molecular complexity index is 767. The number of amides is 1. The summed E-state index contributed by atoms with van der Waals surface area (Å²) in [6.45, 7) is 0.441. The molecule has 1 saturated carbocycles. The Balaban J connectivity index is 1.53. The highest BCUT2D eigenvalue weighted by molar-refractivity contribution is 6.04. The monoisotopic (exact) mass is 336 g/mol. The second-order valence-electron chi connectivity index (χ2n) is 5.99. The summed E-state index contributed by atoms with van der Waals surface area (Å²) in [5.41, 5.74) is 4.78. The van der Waals surface area contributed by atoms with Crippen molar-refractivity contribution in [3.05, 3.63) is 65.7 Å². The largest absolute Gasteiger partial charge is 0.489 e. The second-order valence-corrected chi connectivity index (χ2v) is 5.99. The van der Waals surface area contributed by atoms with Gasteiger partial charge in [0.05, 0.1) is 0 Å². The highest BCUT2D eigenvalue weighted by Gasteiger charge is 2.15. The van der Waals surface area contributed by atoms with E-state index in [2.05, 4.69) is 10.5 Å². The summed E-state index contributed by atoms with van der Waals surface area (Å²) in [5, 5.41) is 4.08. The van der Waals surface area contributed by atoms with Gasteiger partial charge in [-0.25, -0.2) is 5.43 Å². The molecule has 0 unspecified atom stereocenters. The summed E-state index contributed by atoms with van der Waals surface area (Å²) in [4.78, 5) is 23.5. The maximum absolute atomic E-state index is 12.1. The fraction of sp³-hybridized carbons (Fsp3) is 0.250. The van der Waals surface area contributed by atoms with Crippen LogP contribution in [0.15, 0.2) is 59.7 Å². The first kappa shape index (κ1) is 16.9. The van der Waals surface area contributed by atoms with Crippen LogP contribution in [0.4, 0.5) is 0 Å². The van der Waals surface area contributed by atoms with Crippen molar-refractivity contribution >= 4 is 17.4 Å². The van der Waals surface area contributed by atoms with Crippen LogP contribution in [0.2, 0.25) is 0 Å². The number of ketones is 1. The van der Waals surface area contributed by atoms with E-state index < -0.39 is 0 Å². The molecule has 128 valence electrons. The Morgan fingerprint density at radius 3 is 2.52 bits per heavy atom. The Morgan fingerprint density at radius 1 is 1.04 bits per heavy atom. The molecule has 2 aromatic rings. The first-order valence-electron chi connectivity index (χ1n) is 8.35. The molecule has 1 amide bonds. The van der Waals surface area contributed by atoms with Crippen molar-refractivity contribution in [1.29, 1.82) is 0 Å². The average molecular weight is 336 g/mol. The van der Waals surface area contributed by atoms with Gasteiger partial charge >= 0.3 is 0 Å². The molecule has 1 aliphatic carbocycles. The van der Waals surface area contributed by atoms with Crippen LogP contribution < -0.4 is 10.2 Å². The SMILES string of the molecule is O=C1CCC/C(=N/NC(=O)c2ccc(COc3ccccc3)cc2)C1. The van der Waals surface area contributed by atoms with Crippen LogP contribution in [-0.2, 0) is 11.4 Å². The van der Waals surface area contributed by atoms with Gasteiger partial charge < -0.3 is 4.74 Å². The minimum absolute atomic E-state index is 0.182. The van der Waals surface area contributed by atoms with Gasteiger partial charge in [-0.05, 0) is 42.7 Å². The number of ether oxygens (including phenoxy) is 1. The molecule has 0 saturated heterocycles. The third-order valence-corrected chi connectivity index (χ3v) is 4.00. The first-order valence-corrected chi connectivity index (χ1v) is 8.35. The highest BCUT2D eigenvalue weighted by Crippen LogP contribution is 2.13. The van der Waals surface area contributed by atoms with Gasteiger partial charge in [0.2, 0.25) is 0 Å². The van der Waals surface area contributed by atoms with Gasteiger partial charge in [-0.3, -0.25) is 9.59 Å². The third kappa shape index (κ3) is 5.01. The van der Waals surface area contributed by atoms with E-state index in [0.717, 1.165) is 29.9 Å². The number of rotatable bonds is 5. The molecule has 0 atom stereocenters. The quantitative estimate of drug-likeness (QED) is 0.850. The molecule has 0 spiro atoms. The van der Waals surface area contributed by atoms with Crippen molar-refractivity contribution in [2.45, 2.75) is 32.3 Å². The molecule has 0 aromatic heterocycles. The van der Waals surface area contributed by atoms with E-state index in [9.17, 15) is 9.59 Å². The zero-order valence-corrected chi connectivity index (χ0v) is 13.9. The van der Waals surface area contributed by atoms with Gasteiger partial charge in [0, 0.05) is 24.1 Å². The van der Waals surface area contributed by atoms with Crippen molar-refractivity contribution in [2.24, 2.45) is 5.10 Å². The lowest BCUT2D eigenvalue weighted by molar-refractivity contribution is -0.118. The van der Waals surface area contributed by atoms with Crippen LogP contribution >= 0.6 is 0 Å². The topological polar surface area (TPSA) is 67.8 Å². The molecule has 0 aliphatic heterocycles. The molecule has 5 nitrogen and oxygen atoms in total. The minimum Gasteiger partial charge on any atom is -0.489 e. The van der Waals surface area contributed by atoms with Crippen molar-refractivity contribution < 1.29 is 14.3 Å². The van der Waals surface area contributed by atoms with Crippen molar-refractivity contribution in [1.82, 2.24) is 5.43 Å². The molecule has 1 fully saturated rings. The molecule has 0 radical (unpaired) electrons. The van der Waals surface area contributed by atoms with Gasteiger partial charge in [0.15, 0.2) is 0 Å². The van der Waals surface area contributed by atoms with Crippen molar-refractivity contribution in [2.75, 3.05) is 0 Å². The lowest BCUT2D eigenvalue weighted by atomic mass is 9.97. The smallest absolute Gasteiger partial charge is 0.271 e. The van der Waals surface area contributed by atoms with E-state index >= 15 is 0 Å². The van der Waals surface area contributed by atoms with Crippen molar-refractivity contribution in [3.8, 4) is 5.75 Å². The Morgan fingerprint density at radius 2 is 1.80 bits per heavy atom. The third-order valence-electron chi connectivity index (χ3n) is 4.00. The number of hydrogen-bond donors (Lipinski definition) is 1. The van der Waals surface area contributed by atoms with Gasteiger partial charge in [0.1, 0.15) is 18.1 Å². The molecule has 5 heteroatoms. The standard InChI is InChI=1S/C20H20N2O3/c23-18-6-4-5-17(13-18)21-22-20(24)16-11-9-15(10-12-16)14-25-19-7-2-1-3-8-19/h1-3,7-12H,4-6,13-14H2,(H,22,24)/b21-17-. The number of carbonyl (C=O) groups is 2. The summed E-state index contributed by atoms with van der Waals surface area (Å²) < 4.78 is 5.67. The lowest BCUT2D eigenvalue weighted by Crippen LogP contribution is -2.22. The second kappa shape index (κ2) is 8.24. The Hall–Kier alpha value is -2.95. The fourth-order valence-corrected chi connectivity index (χ4v) is 2.62. The molecule has 0 heterocycles. The van der Waals surface area contributed by atoms with Crippen LogP contribution in [0, 0.1) is 0 Å². The van der Waals surface area contributed by atoms with Crippen LogP contribution in [0.5, 0.6) is 5.75 Å². The molecular weight excluding hydrogens is 316 g/mol. The fourth-order valence-electron chi connectivity index (χ4n) is 2.62. The first-order chi connectivity index (χ1) is 12.2. The summed E-state index contributed by atoms with van der Waals surface area (Å²) in [6.07, 6.45) is 2.53. The highest BCUT2D eigenvalue weighted by atomic mass is 16.5. The summed E-state index contributed by atoms with van der Waals surface area (Å²) >= 11 is 0. The maximum atomic E-state index is 12.1. The number of benzene rings is 2. The van der Waals surface area contributed by atoms with Crippen LogP contribution in [0.1, 0.15) is 41.6 Å². The molecule has 1 aliphatic rings. The lowest BCUT2D eigenvalue weighted by Gasteiger charge is -2.11. The van der Waals surface area contributed by atoms with Gasteiger partial charge in [0.25, 0.3) is 5.91 Å². The van der Waals surface area contributed by atoms with Crippen LogP contribution in [-0.4, -0.2) is 17.4 Å². The van der Waals surface area contributed by atoms with Gasteiger partial charge in [-0.15, -0.1) is 0 Å². The predicted octanol–water partition coefficient (Wildman–Crippen LogP) is 3.49. The van der Waals surface area contributed by atoms with Crippen LogP contribution in [0.3, 0.4) is 0 Å². The summed E-state index contributed by atoms with van der Waals surface area (Å²) in [5.74, 6) is 0.713. The zero-order chi connectivity index (χ0) is 17.5.